The maximum Gasteiger partial charge on any atom is 0.262 e. The molecule has 0 bridgehead atoms. The monoisotopic (exact) mass is 499 g/mol. The second kappa shape index (κ2) is 11.0. The Labute approximate surface area is 214 Å². The van der Waals surface area contributed by atoms with Gasteiger partial charge in [-0.2, -0.15) is 0 Å². The topological polar surface area (TPSA) is 80.1 Å². The highest BCUT2D eigenvalue weighted by Crippen LogP contribution is 2.26. The summed E-state index contributed by atoms with van der Waals surface area (Å²) in [6.07, 6.45) is 7.18. The molecule has 1 N–H and O–H groups in total. The van der Waals surface area contributed by atoms with Crippen LogP contribution in [0.15, 0.2) is 83.0 Å². The standard InChI is InChI=1S/C28H29N5O2S/c1-20(26(34)30-22-11-13-23(14-12-22)32-16-5-2-6-17-32)36-28-31-25-10-4-3-9-24(25)27(35)33(28)19-21-8-7-15-29-18-21/h3-4,7-15,18,20H,2,5-6,16-17,19H2,1H3,(H,30,34). The number of para-hydroxylation sites is 1. The molecule has 0 radical (unpaired) electrons. The summed E-state index contributed by atoms with van der Waals surface area (Å²) in [7, 11) is 0. The molecule has 36 heavy (non-hydrogen) atoms. The van der Waals surface area contributed by atoms with Crippen LogP contribution in [0.1, 0.15) is 31.7 Å². The lowest BCUT2D eigenvalue weighted by molar-refractivity contribution is -0.115. The van der Waals surface area contributed by atoms with Gasteiger partial charge in [0.15, 0.2) is 5.16 Å². The van der Waals surface area contributed by atoms with Crippen molar-refractivity contribution >= 4 is 39.9 Å². The van der Waals surface area contributed by atoms with E-state index in [1.807, 2.05) is 49.4 Å². The van der Waals surface area contributed by atoms with Gasteiger partial charge in [-0.15, -0.1) is 0 Å². The first-order valence-electron chi connectivity index (χ1n) is 12.3. The molecule has 0 saturated carbocycles. The van der Waals surface area contributed by atoms with Gasteiger partial charge in [-0.1, -0.05) is 30.0 Å². The number of nitrogens with one attached hydrogen (secondary N) is 1. The molecule has 1 aliphatic heterocycles. The molecule has 2 aromatic carbocycles. The minimum atomic E-state index is -0.458. The van der Waals surface area contributed by atoms with Gasteiger partial charge < -0.3 is 10.2 Å². The van der Waals surface area contributed by atoms with Gasteiger partial charge in [-0.3, -0.25) is 19.1 Å². The van der Waals surface area contributed by atoms with Crippen molar-refractivity contribution in [2.75, 3.05) is 23.3 Å². The van der Waals surface area contributed by atoms with E-state index in [2.05, 4.69) is 27.3 Å². The van der Waals surface area contributed by atoms with Crippen LogP contribution in [0, 0.1) is 0 Å². The molecule has 3 heterocycles. The number of carbonyl (C=O) groups excluding carboxylic acids is 1. The smallest absolute Gasteiger partial charge is 0.262 e. The number of benzene rings is 2. The van der Waals surface area contributed by atoms with E-state index in [1.54, 1.807) is 23.0 Å². The van der Waals surface area contributed by atoms with Crippen LogP contribution in [0.25, 0.3) is 10.9 Å². The van der Waals surface area contributed by atoms with E-state index in [-0.39, 0.29) is 11.5 Å². The molecule has 1 aliphatic rings. The molecule has 1 fully saturated rings. The molecule has 1 atom stereocenters. The van der Waals surface area contributed by atoms with E-state index in [0.29, 0.717) is 22.6 Å². The average molecular weight is 500 g/mol. The highest BCUT2D eigenvalue weighted by atomic mass is 32.2. The molecule has 1 saturated heterocycles. The number of fused-ring (bicyclic) bond motifs is 1. The minimum absolute atomic E-state index is 0.132. The maximum absolute atomic E-state index is 13.3. The number of hydrogen-bond donors (Lipinski definition) is 1. The average Bonchev–Trinajstić information content (AvgIpc) is 2.92. The van der Waals surface area contributed by atoms with Crippen molar-refractivity contribution in [3.05, 3.63) is 89.0 Å². The zero-order valence-electron chi connectivity index (χ0n) is 20.3. The summed E-state index contributed by atoms with van der Waals surface area (Å²) in [5.41, 5.74) is 3.33. The van der Waals surface area contributed by atoms with Crippen molar-refractivity contribution in [2.24, 2.45) is 0 Å². The maximum atomic E-state index is 13.3. The van der Waals surface area contributed by atoms with Crippen LogP contribution in [0.3, 0.4) is 0 Å². The zero-order valence-corrected chi connectivity index (χ0v) is 21.1. The van der Waals surface area contributed by atoms with Crippen LogP contribution in [0.5, 0.6) is 0 Å². The van der Waals surface area contributed by atoms with Gasteiger partial charge in [-0.25, -0.2) is 4.98 Å². The fraction of sp³-hybridized carbons (Fsp3) is 0.286. The third-order valence-electron chi connectivity index (χ3n) is 6.40. The summed E-state index contributed by atoms with van der Waals surface area (Å²) < 4.78 is 1.63. The van der Waals surface area contributed by atoms with Gasteiger partial charge in [0.25, 0.3) is 5.56 Å². The number of rotatable bonds is 7. The second-order valence-electron chi connectivity index (χ2n) is 9.01. The van der Waals surface area contributed by atoms with Crippen molar-refractivity contribution in [3.63, 3.8) is 0 Å². The second-order valence-corrected chi connectivity index (χ2v) is 10.3. The summed E-state index contributed by atoms with van der Waals surface area (Å²) in [6.45, 7) is 4.33. The molecule has 1 amide bonds. The molecule has 184 valence electrons. The van der Waals surface area contributed by atoms with Crippen LogP contribution in [-0.4, -0.2) is 38.8 Å². The Morgan fingerprint density at radius 1 is 1.03 bits per heavy atom. The number of nitrogens with zero attached hydrogens (tertiary/aromatic N) is 4. The minimum Gasteiger partial charge on any atom is -0.372 e. The van der Waals surface area contributed by atoms with Crippen LogP contribution in [0.4, 0.5) is 11.4 Å². The van der Waals surface area contributed by atoms with Gasteiger partial charge in [-0.05, 0) is 74.2 Å². The molecule has 8 heteroatoms. The Morgan fingerprint density at radius 2 is 1.81 bits per heavy atom. The van der Waals surface area contributed by atoms with Crippen LogP contribution in [-0.2, 0) is 11.3 Å². The third kappa shape index (κ3) is 5.44. The molecule has 7 nitrogen and oxygen atoms in total. The molecule has 0 spiro atoms. The van der Waals surface area contributed by atoms with E-state index < -0.39 is 5.25 Å². The zero-order chi connectivity index (χ0) is 24.9. The summed E-state index contributed by atoms with van der Waals surface area (Å²) in [6, 6.07) is 19.1. The third-order valence-corrected chi connectivity index (χ3v) is 7.49. The summed E-state index contributed by atoms with van der Waals surface area (Å²) in [5.74, 6) is -0.138. The van der Waals surface area contributed by atoms with Gasteiger partial charge in [0.05, 0.1) is 22.7 Å². The number of carbonyl (C=O) groups is 1. The molecule has 2 aromatic heterocycles. The lowest BCUT2D eigenvalue weighted by Crippen LogP contribution is -2.29. The Bertz CT molecular complexity index is 1400. The number of amides is 1. The largest absolute Gasteiger partial charge is 0.372 e. The van der Waals surface area contributed by atoms with E-state index in [4.69, 9.17) is 4.98 Å². The first-order chi connectivity index (χ1) is 17.6. The lowest BCUT2D eigenvalue weighted by Gasteiger charge is -2.28. The molecule has 5 rings (SSSR count). The van der Waals surface area contributed by atoms with Crippen LogP contribution < -0.4 is 15.8 Å². The fourth-order valence-corrected chi connectivity index (χ4v) is 5.32. The van der Waals surface area contributed by atoms with Crippen molar-refractivity contribution in [2.45, 2.75) is 43.1 Å². The Kier molecular flexibility index (Phi) is 7.32. The number of aromatic nitrogens is 3. The van der Waals surface area contributed by atoms with Gasteiger partial charge in [0.2, 0.25) is 5.91 Å². The van der Waals surface area contributed by atoms with E-state index in [1.165, 1.54) is 36.7 Å². The van der Waals surface area contributed by atoms with E-state index in [0.717, 1.165) is 24.3 Å². The highest BCUT2D eigenvalue weighted by molar-refractivity contribution is 8.00. The van der Waals surface area contributed by atoms with Crippen molar-refractivity contribution in [1.82, 2.24) is 14.5 Å². The van der Waals surface area contributed by atoms with Gasteiger partial charge >= 0.3 is 0 Å². The SMILES string of the molecule is CC(Sc1nc2ccccc2c(=O)n1Cc1cccnc1)C(=O)Nc1ccc(N2CCCCC2)cc1. The van der Waals surface area contributed by atoms with Crippen LogP contribution in [0.2, 0.25) is 0 Å². The fourth-order valence-electron chi connectivity index (χ4n) is 4.41. The molecule has 0 aliphatic carbocycles. The quantitative estimate of drug-likeness (QED) is 0.286. The lowest BCUT2D eigenvalue weighted by atomic mass is 10.1. The highest BCUT2D eigenvalue weighted by Gasteiger charge is 2.20. The molecule has 4 aromatic rings. The first kappa shape index (κ1) is 24.1. The van der Waals surface area contributed by atoms with Crippen LogP contribution >= 0.6 is 11.8 Å². The van der Waals surface area contributed by atoms with Crippen molar-refractivity contribution in [3.8, 4) is 0 Å². The number of hydrogen-bond acceptors (Lipinski definition) is 6. The van der Waals surface area contributed by atoms with Gasteiger partial charge in [0.1, 0.15) is 0 Å². The predicted molar refractivity (Wildman–Crippen MR) is 146 cm³/mol. The Hall–Kier alpha value is -3.65. The Morgan fingerprint density at radius 3 is 2.56 bits per heavy atom. The summed E-state index contributed by atoms with van der Waals surface area (Å²) in [5, 5.41) is 3.61. The van der Waals surface area contributed by atoms with E-state index in [9.17, 15) is 9.59 Å². The molecular weight excluding hydrogens is 470 g/mol. The Balaban J connectivity index is 1.34. The summed E-state index contributed by atoms with van der Waals surface area (Å²) in [4.78, 5) is 37.7. The summed E-state index contributed by atoms with van der Waals surface area (Å²) >= 11 is 1.28. The molecule has 1 unspecified atom stereocenters. The normalized spacial score (nSPS) is 14.5. The number of piperidine rings is 1. The number of anilines is 2. The van der Waals surface area contributed by atoms with E-state index >= 15 is 0 Å². The van der Waals surface area contributed by atoms with Crippen molar-refractivity contribution < 1.29 is 4.79 Å². The molecular formula is C28H29N5O2S. The number of thioether (sulfide) groups is 1. The number of pyridine rings is 1. The van der Waals surface area contributed by atoms with Crippen molar-refractivity contribution in [1.29, 1.82) is 0 Å². The predicted octanol–water partition coefficient (Wildman–Crippen LogP) is 4.95. The first-order valence-corrected chi connectivity index (χ1v) is 13.2. The van der Waals surface area contributed by atoms with Gasteiger partial charge in [0, 0.05) is 36.9 Å².